The smallest absolute Gasteiger partial charge is 0.270 e. The predicted octanol–water partition coefficient (Wildman–Crippen LogP) is 5.78. The lowest BCUT2D eigenvalue weighted by molar-refractivity contribution is -0.384. The minimum Gasteiger partial charge on any atom is -0.354 e. The van der Waals surface area contributed by atoms with Gasteiger partial charge in [0.25, 0.3) is 5.69 Å². The lowest BCUT2D eigenvalue weighted by Crippen LogP contribution is -2.31. The van der Waals surface area contributed by atoms with Gasteiger partial charge in [0, 0.05) is 54.2 Å². The number of nitro groups is 1. The molecule has 0 saturated carbocycles. The van der Waals surface area contributed by atoms with Crippen molar-refractivity contribution in [1.29, 1.82) is 0 Å². The van der Waals surface area contributed by atoms with Crippen molar-refractivity contribution in [3.8, 4) is 0 Å². The molecule has 0 saturated heterocycles. The number of halogens is 1. The van der Waals surface area contributed by atoms with E-state index in [1.165, 1.54) is 18.2 Å². The van der Waals surface area contributed by atoms with Gasteiger partial charge in [-0.1, -0.05) is 42.5 Å². The van der Waals surface area contributed by atoms with Crippen LogP contribution in [0.2, 0.25) is 0 Å². The third kappa shape index (κ3) is 5.14. The first-order valence-electron chi connectivity index (χ1n) is 11.2. The molecule has 4 rings (SSSR count). The second-order valence-electron chi connectivity index (χ2n) is 8.69. The van der Waals surface area contributed by atoms with Crippen molar-refractivity contribution in [2.45, 2.75) is 38.8 Å². The van der Waals surface area contributed by atoms with E-state index in [9.17, 15) is 19.3 Å². The lowest BCUT2D eigenvalue weighted by atomic mass is 9.87. The van der Waals surface area contributed by atoms with Gasteiger partial charge in [0.2, 0.25) is 5.91 Å². The molecule has 1 aromatic heterocycles. The fourth-order valence-corrected chi connectivity index (χ4v) is 4.31. The Bertz CT molecular complexity index is 1330. The molecule has 3 aromatic carbocycles. The van der Waals surface area contributed by atoms with Gasteiger partial charge in [-0.15, -0.1) is 0 Å². The molecule has 1 N–H and O–H groups in total. The second-order valence-corrected chi connectivity index (χ2v) is 8.69. The molecule has 1 atom stereocenters. The number of fused-ring (bicyclic) bond motifs is 1. The first kappa shape index (κ1) is 23.2. The summed E-state index contributed by atoms with van der Waals surface area (Å²) in [5, 5.41) is 15.1. The van der Waals surface area contributed by atoms with Gasteiger partial charge in [-0.3, -0.25) is 14.9 Å². The van der Waals surface area contributed by atoms with Crippen LogP contribution in [-0.2, 0) is 11.3 Å². The molecule has 34 heavy (non-hydrogen) atoms. The normalized spacial score (nSPS) is 12.1. The van der Waals surface area contributed by atoms with Crippen LogP contribution in [0, 0.1) is 15.9 Å². The van der Waals surface area contributed by atoms with E-state index in [0.29, 0.717) is 17.5 Å². The molecule has 174 valence electrons. The monoisotopic (exact) mass is 459 g/mol. The van der Waals surface area contributed by atoms with E-state index in [-0.39, 0.29) is 24.1 Å². The summed E-state index contributed by atoms with van der Waals surface area (Å²) in [6, 6.07) is 20.8. The molecule has 0 spiro atoms. The number of non-ortho nitro benzene ring substituents is 1. The number of carbonyl (C=O) groups excluding carboxylic acids is 1. The minimum atomic E-state index is -0.476. The van der Waals surface area contributed by atoms with E-state index in [2.05, 4.69) is 5.32 Å². The Kier molecular flexibility index (Phi) is 6.72. The Balaban J connectivity index is 1.88. The van der Waals surface area contributed by atoms with Crippen LogP contribution in [0.4, 0.5) is 10.1 Å². The number of rotatable bonds is 8. The van der Waals surface area contributed by atoms with Crippen LogP contribution in [0.1, 0.15) is 42.9 Å². The third-order valence-electron chi connectivity index (χ3n) is 5.77. The van der Waals surface area contributed by atoms with Gasteiger partial charge in [-0.05, 0) is 48.7 Å². The van der Waals surface area contributed by atoms with Crippen LogP contribution in [0.25, 0.3) is 10.9 Å². The predicted molar refractivity (Wildman–Crippen MR) is 130 cm³/mol. The fourth-order valence-electron chi connectivity index (χ4n) is 4.31. The highest BCUT2D eigenvalue weighted by molar-refractivity contribution is 5.88. The summed E-state index contributed by atoms with van der Waals surface area (Å²) < 4.78 is 16.2. The van der Waals surface area contributed by atoms with Crippen molar-refractivity contribution in [3.05, 3.63) is 112 Å². The highest BCUT2D eigenvalue weighted by Gasteiger charge is 2.25. The van der Waals surface area contributed by atoms with Gasteiger partial charge in [-0.25, -0.2) is 4.39 Å². The number of hydrogen-bond donors (Lipinski definition) is 1. The summed E-state index contributed by atoms with van der Waals surface area (Å²) in [5.74, 6) is -1.04. The number of nitrogens with zero attached hydrogens (tertiary/aromatic N) is 2. The SMILES string of the molecule is CC(C)NC(=O)CC(c1cccc(F)c1)c1cn(Cc2ccccc2)c2ccc([N+](=O)[O-])cc12. The topological polar surface area (TPSA) is 77.2 Å². The van der Waals surface area contributed by atoms with Crippen LogP contribution in [-0.4, -0.2) is 21.4 Å². The first-order chi connectivity index (χ1) is 16.3. The maximum absolute atomic E-state index is 14.2. The summed E-state index contributed by atoms with van der Waals surface area (Å²) >= 11 is 0. The Morgan fingerprint density at radius 3 is 2.50 bits per heavy atom. The average Bonchev–Trinajstić information content (AvgIpc) is 3.15. The van der Waals surface area contributed by atoms with Crippen LogP contribution in [0.5, 0.6) is 0 Å². The maximum Gasteiger partial charge on any atom is 0.270 e. The number of benzene rings is 3. The molecule has 6 nitrogen and oxygen atoms in total. The fraction of sp³-hybridized carbons (Fsp3) is 0.222. The molecule has 7 heteroatoms. The number of amides is 1. The number of aromatic nitrogens is 1. The molecule has 1 unspecified atom stereocenters. The molecule has 1 amide bonds. The Hall–Kier alpha value is -4.00. The lowest BCUT2D eigenvalue weighted by Gasteiger charge is -2.18. The third-order valence-corrected chi connectivity index (χ3v) is 5.77. The Morgan fingerprint density at radius 2 is 1.82 bits per heavy atom. The van der Waals surface area contributed by atoms with Gasteiger partial charge in [0.1, 0.15) is 5.82 Å². The highest BCUT2D eigenvalue weighted by Crippen LogP contribution is 2.37. The second kappa shape index (κ2) is 9.87. The molecule has 0 aliphatic carbocycles. The van der Waals surface area contributed by atoms with Crippen LogP contribution < -0.4 is 5.32 Å². The van der Waals surface area contributed by atoms with Gasteiger partial charge in [0.15, 0.2) is 0 Å². The molecule has 0 fully saturated rings. The quantitative estimate of drug-likeness (QED) is 0.268. The molecule has 0 radical (unpaired) electrons. The van der Waals surface area contributed by atoms with Crippen molar-refractivity contribution >= 4 is 22.5 Å². The standard InChI is InChI=1S/C27H26FN3O3/c1-18(2)29-27(32)15-23(20-9-6-10-21(28)13-20)25-17-30(16-19-7-4-3-5-8-19)26-12-11-22(31(33)34)14-24(25)26/h3-14,17-18,23H,15-16H2,1-2H3,(H,29,32). The Morgan fingerprint density at radius 1 is 1.06 bits per heavy atom. The van der Waals surface area contributed by atoms with E-state index in [0.717, 1.165) is 16.6 Å². The zero-order valence-electron chi connectivity index (χ0n) is 19.1. The zero-order valence-corrected chi connectivity index (χ0v) is 19.1. The van der Waals surface area contributed by atoms with Crippen molar-refractivity contribution in [2.24, 2.45) is 0 Å². The van der Waals surface area contributed by atoms with E-state index < -0.39 is 16.7 Å². The van der Waals surface area contributed by atoms with Crippen molar-refractivity contribution in [3.63, 3.8) is 0 Å². The first-order valence-corrected chi connectivity index (χ1v) is 11.2. The number of nitrogens with one attached hydrogen (secondary N) is 1. The molecular weight excluding hydrogens is 433 g/mol. The molecule has 1 heterocycles. The average molecular weight is 460 g/mol. The molecule has 0 aliphatic rings. The van der Waals surface area contributed by atoms with Crippen LogP contribution >= 0.6 is 0 Å². The van der Waals surface area contributed by atoms with Gasteiger partial charge < -0.3 is 9.88 Å². The van der Waals surface area contributed by atoms with E-state index in [4.69, 9.17) is 0 Å². The zero-order chi connectivity index (χ0) is 24.2. The number of hydrogen-bond acceptors (Lipinski definition) is 3. The number of carbonyl (C=O) groups is 1. The minimum absolute atomic E-state index is 0.0316. The van der Waals surface area contributed by atoms with Crippen molar-refractivity contribution in [1.82, 2.24) is 9.88 Å². The largest absolute Gasteiger partial charge is 0.354 e. The summed E-state index contributed by atoms with van der Waals surface area (Å²) in [5.41, 5.74) is 3.25. The van der Waals surface area contributed by atoms with Crippen molar-refractivity contribution < 1.29 is 14.1 Å². The molecule has 0 aliphatic heterocycles. The van der Waals surface area contributed by atoms with E-state index in [1.54, 1.807) is 24.3 Å². The van der Waals surface area contributed by atoms with E-state index in [1.807, 2.05) is 54.9 Å². The molecule has 0 bridgehead atoms. The van der Waals surface area contributed by atoms with Gasteiger partial charge >= 0.3 is 0 Å². The Labute approximate surface area is 197 Å². The van der Waals surface area contributed by atoms with Gasteiger partial charge in [-0.2, -0.15) is 0 Å². The summed E-state index contributed by atoms with van der Waals surface area (Å²) in [6.45, 7) is 4.32. The van der Waals surface area contributed by atoms with E-state index >= 15 is 0 Å². The summed E-state index contributed by atoms with van der Waals surface area (Å²) in [7, 11) is 0. The summed E-state index contributed by atoms with van der Waals surface area (Å²) in [6.07, 6.45) is 2.02. The van der Waals surface area contributed by atoms with Crippen LogP contribution in [0.3, 0.4) is 0 Å². The van der Waals surface area contributed by atoms with Crippen molar-refractivity contribution in [2.75, 3.05) is 0 Å². The molecule has 4 aromatic rings. The number of nitro benzene ring substituents is 1. The maximum atomic E-state index is 14.2. The summed E-state index contributed by atoms with van der Waals surface area (Å²) in [4.78, 5) is 23.9. The highest BCUT2D eigenvalue weighted by atomic mass is 19.1. The molecular formula is C27H26FN3O3. The van der Waals surface area contributed by atoms with Gasteiger partial charge in [0.05, 0.1) is 4.92 Å². The van der Waals surface area contributed by atoms with Crippen LogP contribution in [0.15, 0.2) is 79.0 Å².